The zero-order valence-electron chi connectivity index (χ0n) is 38.8. The van der Waals surface area contributed by atoms with Gasteiger partial charge in [-0.15, -0.1) is 0 Å². The lowest BCUT2D eigenvalue weighted by Gasteiger charge is -2.18. The molecule has 0 spiro atoms. The molecule has 57 heavy (non-hydrogen) atoms. The SMILES string of the molecule is CCCCCCCCCCCCCCCC(=O)OC[C@H](COC(=O)CCCCCCCCCCCCCC)OC(=O)CCCCCCCCCCCCC(C)CC. The van der Waals surface area contributed by atoms with Crippen LogP contribution in [-0.2, 0) is 28.6 Å². The van der Waals surface area contributed by atoms with Crippen molar-refractivity contribution in [1.29, 1.82) is 0 Å². The van der Waals surface area contributed by atoms with Crippen LogP contribution in [0.2, 0.25) is 0 Å². The highest BCUT2D eigenvalue weighted by Gasteiger charge is 2.19. The van der Waals surface area contributed by atoms with Crippen molar-refractivity contribution >= 4 is 17.9 Å². The first-order chi connectivity index (χ1) is 27.9. The summed E-state index contributed by atoms with van der Waals surface area (Å²) in [7, 11) is 0. The number of rotatable bonds is 46. The predicted molar refractivity (Wildman–Crippen MR) is 243 cm³/mol. The molecule has 0 amide bonds. The van der Waals surface area contributed by atoms with Crippen molar-refractivity contribution in [1.82, 2.24) is 0 Å². The lowest BCUT2D eigenvalue weighted by Crippen LogP contribution is -2.30. The highest BCUT2D eigenvalue weighted by atomic mass is 16.6. The first-order valence-electron chi connectivity index (χ1n) is 25.4. The van der Waals surface area contributed by atoms with Crippen LogP contribution in [-0.4, -0.2) is 37.2 Å². The van der Waals surface area contributed by atoms with E-state index in [-0.39, 0.29) is 31.1 Å². The normalized spacial score (nSPS) is 12.4. The van der Waals surface area contributed by atoms with Crippen LogP contribution in [0, 0.1) is 5.92 Å². The molecule has 1 unspecified atom stereocenters. The van der Waals surface area contributed by atoms with Gasteiger partial charge in [-0.25, -0.2) is 0 Å². The van der Waals surface area contributed by atoms with Crippen LogP contribution in [0.1, 0.15) is 285 Å². The van der Waals surface area contributed by atoms with E-state index in [1.54, 1.807) is 0 Å². The molecule has 0 rings (SSSR count). The average Bonchev–Trinajstić information content (AvgIpc) is 3.21. The van der Waals surface area contributed by atoms with E-state index in [0.717, 1.165) is 63.7 Å². The second-order valence-corrected chi connectivity index (χ2v) is 17.7. The Morgan fingerprint density at radius 3 is 0.912 bits per heavy atom. The Balaban J connectivity index is 4.33. The van der Waals surface area contributed by atoms with Crippen LogP contribution in [0.5, 0.6) is 0 Å². The molecular weight excluding hydrogens is 709 g/mol. The van der Waals surface area contributed by atoms with Gasteiger partial charge in [0.25, 0.3) is 0 Å². The zero-order chi connectivity index (χ0) is 41.7. The summed E-state index contributed by atoms with van der Waals surface area (Å²) in [5.74, 6) is 0.0215. The molecule has 0 aliphatic carbocycles. The van der Waals surface area contributed by atoms with Gasteiger partial charge in [0.2, 0.25) is 0 Å². The minimum Gasteiger partial charge on any atom is -0.462 e. The van der Waals surface area contributed by atoms with Crippen molar-refractivity contribution in [2.75, 3.05) is 13.2 Å². The summed E-state index contributed by atoms with van der Waals surface area (Å²) in [5, 5.41) is 0. The fourth-order valence-corrected chi connectivity index (χ4v) is 7.66. The van der Waals surface area contributed by atoms with E-state index in [4.69, 9.17) is 14.2 Å². The Morgan fingerprint density at radius 1 is 0.351 bits per heavy atom. The van der Waals surface area contributed by atoms with Gasteiger partial charge in [0.05, 0.1) is 0 Å². The summed E-state index contributed by atoms with van der Waals surface area (Å²) in [6.07, 6.45) is 46.4. The Labute approximate surface area is 355 Å². The van der Waals surface area contributed by atoms with Crippen LogP contribution in [0.3, 0.4) is 0 Å². The lowest BCUT2D eigenvalue weighted by atomic mass is 9.99. The van der Waals surface area contributed by atoms with Crippen molar-refractivity contribution in [3.8, 4) is 0 Å². The van der Waals surface area contributed by atoms with Gasteiger partial charge in [0.1, 0.15) is 13.2 Å². The van der Waals surface area contributed by atoms with Crippen molar-refractivity contribution in [2.24, 2.45) is 5.92 Å². The topological polar surface area (TPSA) is 78.9 Å². The van der Waals surface area contributed by atoms with E-state index in [1.165, 1.54) is 180 Å². The highest BCUT2D eigenvalue weighted by Crippen LogP contribution is 2.17. The fraction of sp³-hybridized carbons (Fsp3) is 0.941. The van der Waals surface area contributed by atoms with E-state index in [0.29, 0.717) is 19.3 Å². The first-order valence-corrected chi connectivity index (χ1v) is 25.4. The van der Waals surface area contributed by atoms with Crippen molar-refractivity contribution in [2.45, 2.75) is 291 Å². The van der Waals surface area contributed by atoms with Crippen LogP contribution in [0.15, 0.2) is 0 Å². The Kier molecular flexibility index (Phi) is 44.2. The Morgan fingerprint density at radius 2 is 0.614 bits per heavy atom. The molecule has 0 saturated carbocycles. The van der Waals surface area contributed by atoms with Crippen molar-refractivity contribution in [3.63, 3.8) is 0 Å². The number of ether oxygens (including phenoxy) is 3. The Bertz CT molecular complexity index is 859. The quantitative estimate of drug-likeness (QED) is 0.0346. The summed E-state index contributed by atoms with van der Waals surface area (Å²) in [4.78, 5) is 37.9. The monoisotopic (exact) mass is 807 g/mol. The van der Waals surface area contributed by atoms with E-state index in [1.807, 2.05) is 0 Å². The summed E-state index contributed by atoms with van der Waals surface area (Å²) >= 11 is 0. The van der Waals surface area contributed by atoms with Gasteiger partial charge in [0.15, 0.2) is 6.10 Å². The third-order valence-electron chi connectivity index (χ3n) is 11.9. The number of carbonyl (C=O) groups is 3. The number of esters is 3. The van der Waals surface area contributed by atoms with Crippen LogP contribution in [0.4, 0.5) is 0 Å². The van der Waals surface area contributed by atoms with Crippen molar-refractivity contribution in [3.05, 3.63) is 0 Å². The molecule has 0 aliphatic rings. The second kappa shape index (κ2) is 45.5. The molecule has 0 aromatic carbocycles. The third kappa shape index (κ3) is 43.8. The van der Waals surface area contributed by atoms with Gasteiger partial charge in [-0.05, 0) is 25.2 Å². The molecule has 6 nitrogen and oxygen atoms in total. The van der Waals surface area contributed by atoms with Crippen molar-refractivity contribution < 1.29 is 28.6 Å². The average molecular weight is 807 g/mol. The maximum absolute atomic E-state index is 12.8. The molecule has 0 bridgehead atoms. The number of hydrogen-bond acceptors (Lipinski definition) is 6. The number of unbranched alkanes of at least 4 members (excludes halogenated alkanes) is 32. The molecule has 0 aliphatic heterocycles. The number of carbonyl (C=O) groups excluding carboxylic acids is 3. The van der Waals surface area contributed by atoms with Gasteiger partial charge >= 0.3 is 17.9 Å². The first kappa shape index (κ1) is 55.4. The van der Waals surface area contributed by atoms with Gasteiger partial charge < -0.3 is 14.2 Å². The lowest BCUT2D eigenvalue weighted by molar-refractivity contribution is -0.167. The summed E-state index contributed by atoms with van der Waals surface area (Å²) in [6.45, 7) is 9.04. The third-order valence-corrected chi connectivity index (χ3v) is 11.9. The molecule has 338 valence electrons. The Hall–Kier alpha value is -1.59. The second-order valence-electron chi connectivity index (χ2n) is 17.7. The van der Waals surface area contributed by atoms with Gasteiger partial charge in [0, 0.05) is 19.3 Å². The summed E-state index contributed by atoms with van der Waals surface area (Å²) in [6, 6.07) is 0. The van der Waals surface area contributed by atoms with Crippen LogP contribution in [0.25, 0.3) is 0 Å². The molecule has 0 heterocycles. The van der Waals surface area contributed by atoms with E-state index in [9.17, 15) is 14.4 Å². The standard InChI is InChI=1S/C51H98O6/c1-5-8-10-12-14-16-18-20-22-27-31-35-39-43-50(53)56-46-48(45-55-49(52)42-38-34-30-26-21-19-17-15-13-11-9-6-2)57-51(54)44-40-36-32-28-24-23-25-29-33-37-41-47(4)7-3/h47-48H,5-46H2,1-4H3/t47?,48-/m0/s1. The smallest absolute Gasteiger partial charge is 0.306 e. The predicted octanol–water partition coefficient (Wildman–Crippen LogP) is 16.3. The van der Waals surface area contributed by atoms with E-state index in [2.05, 4.69) is 27.7 Å². The molecule has 0 fully saturated rings. The van der Waals surface area contributed by atoms with Crippen LogP contribution < -0.4 is 0 Å². The van der Waals surface area contributed by atoms with Crippen LogP contribution >= 0.6 is 0 Å². The minimum atomic E-state index is -0.760. The zero-order valence-corrected chi connectivity index (χ0v) is 38.8. The van der Waals surface area contributed by atoms with Gasteiger partial charge in [-0.2, -0.15) is 0 Å². The molecule has 0 N–H and O–H groups in total. The molecule has 6 heteroatoms. The largest absolute Gasteiger partial charge is 0.462 e. The fourth-order valence-electron chi connectivity index (χ4n) is 7.66. The highest BCUT2D eigenvalue weighted by molar-refractivity contribution is 5.71. The molecular formula is C51H98O6. The molecule has 0 aromatic rings. The maximum Gasteiger partial charge on any atom is 0.306 e. The molecule has 0 aromatic heterocycles. The van der Waals surface area contributed by atoms with Gasteiger partial charge in [-0.1, -0.05) is 246 Å². The van der Waals surface area contributed by atoms with Gasteiger partial charge in [-0.3, -0.25) is 14.4 Å². The summed E-state index contributed by atoms with van der Waals surface area (Å²) < 4.78 is 16.8. The maximum atomic E-state index is 12.8. The summed E-state index contributed by atoms with van der Waals surface area (Å²) in [5.41, 5.74) is 0. The molecule has 0 radical (unpaired) electrons. The molecule has 2 atom stereocenters. The van der Waals surface area contributed by atoms with E-state index < -0.39 is 6.10 Å². The van der Waals surface area contributed by atoms with E-state index >= 15 is 0 Å². The minimum absolute atomic E-state index is 0.0630. The molecule has 0 saturated heterocycles. The number of hydrogen-bond donors (Lipinski definition) is 0.